The number of hydrogen-bond acceptors (Lipinski definition) is 5. The van der Waals surface area contributed by atoms with Gasteiger partial charge in [0.1, 0.15) is 5.82 Å². The Bertz CT molecular complexity index is 730. The van der Waals surface area contributed by atoms with Crippen LogP contribution in [0.3, 0.4) is 0 Å². The molecule has 0 atom stereocenters. The van der Waals surface area contributed by atoms with Crippen molar-refractivity contribution < 1.29 is 13.2 Å². The summed E-state index contributed by atoms with van der Waals surface area (Å²) >= 11 is 0. The monoisotopic (exact) mass is 323 g/mol. The van der Waals surface area contributed by atoms with Gasteiger partial charge in [-0.2, -0.15) is 13.2 Å². The molecule has 0 aromatic carbocycles. The average Bonchev–Trinajstić information content (AvgIpc) is 2.52. The first-order valence-corrected chi connectivity index (χ1v) is 7.20. The minimum Gasteiger partial charge on any atom is -0.372 e. The zero-order chi connectivity index (χ0) is 16.6. The Kier molecular flexibility index (Phi) is 3.83. The van der Waals surface area contributed by atoms with Crippen molar-refractivity contribution in [3.8, 4) is 0 Å². The van der Waals surface area contributed by atoms with Gasteiger partial charge in [-0.05, 0) is 30.2 Å². The van der Waals surface area contributed by atoms with Crippen LogP contribution < -0.4 is 10.2 Å². The van der Waals surface area contributed by atoms with Crippen molar-refractivity contribution in [2.75, 3.05) is 23.8 Å². The number of fused-ring (bicyclic) bond motifs is 1. The number of hydrogen-bond donors (Lipinski definition) is 1. The number of nitrogens with one attached hydrogen (secondary N) is 1. The molecule has 0 bridgehead atoms. The van der Waals surface area contributed by atoms with Crippen LogP contribution in [0.1, 0.15) is 22.4 Å². The third kappa shape index (κ3) is 3.06. The fraction of sp³-hybridized carbons (Fsp3) is 0.400. The number of anilines is 2. The lowest BCUT2D eigenvalue weighted by molar-refractivity contribution is -0.137. The molecular formula is C15H16F3N5. The fourth-order valence-electron chi connectivity index (χ4n) is 2.68. The molecule has 2 aromatic heterocycles. The summed E-state index contributed by atoms with van der Waals surface area (Å²) in [5, 5.41) is 11.1. The largest absolute Gasteiger partial charge is 0.417 e. The first-order valence-electron chi connectivity index (χ1n) is 7.20. The molecule has 0 saturated carbocycles. The molecule has 1 aliphatic heterocycles. The molecule has 1 aliphatic rings. The lowest BCUT2D eigenvalue weighted by Gasteiger charge is -2.30. The maximum absolute atomic E-state index is 12.8. The van der Waals surface area contributed by atoms with Crippen molar-refractivity contribution in [2.24, 2.45) is 0 Å². The van der Waals surface area contributed by atoms with Gasteiger partial charge < -0.3 is 10.2 Å². The molecule has 0 radical (unpaired) electrons. The molecule has 1 N–H and O–H groups in total. The van der Waals surface area contributed by atoms with E-state index in [2.05, 4.69) is 20.5 Å². The van der Waals surface area contributed by atoms with Crippen molar-refractivity contribution in [3.63, 3.8) is 0 Å². The Hall–Kier alpha value is -2.38. The highest BCUT2D eigenvalue weighted by Crippen LogP contribution is 2.32. The second kappa shape index (κ2) is 5.68. The van der Waals surface area contributed by atoms with Crippen LogP contribution in [-0.4, -0.2) is 28.8 Å². The van der Waals surface area contributed by atoms with Gasteiger partial charge in [0.15, 0.2) is 5.82 Å². The van der Waals surface area contributed by atoms with Crippen LogP contribution in [0, 0.1) is 6.92 Å². The summed E-state index contributed by atoms with van der Waals surface area (Å²) in [6.45, 7) is 2.91. The Morgan fingerprint density at radius 3 is 2.65 bits per heavy atom. The van der Waals surface area contributed by atoms with Gasteiger partial charge >= 0.3 is 6.18 Å². The number of pyridine rings is 1. The third-order valence-electron chi connectivity index (χ3n) is 3.88. The summed E-state index contributed by atoms with van der Waals surface area (Å²) < 4.78 is 38.5. The Morgan fingerprint density at radius 2 is 2.00 bits per heavy atom. The summed E-state index contributed by atoms with van der Waals surface area (Å²) in [6.07, 6.45) is -2.89. The minimum absolute atomic E-state index is 0.348. The van der Waals surface area contributed by atoms with Crippen LogP contribution >= 0.6 is 0 Å². The van der Waals surface area contributed by atoms with E-state index in [1.807, 2.05) is 17.9 Å². The zero-order valence-electron chi connectivity index (χ0n) is 12.8. The number of aryl methyl sites for hydroxylation is 1. The van der Waals surface area contributed by atoms with E-state index in [1.54, 1.807) is 7.05 Å². The number of alkyl halides is 3. The van der Waals surface area contributed by atoms with Crippen LogP contribution in [0.4, 0.5) is 24.8 Å². The Morgan fingerprint density at radius 1 is 1.22 bits per heavy atom. The van der Waals surface area contributed by atoms with Gasteiger partial charge in [0, 0.05) is 38.4 Å². The van der Waals surface area contributed by atoms with Crippen molar-refractivity contribution in [1.29, 1.82) is 0 Å². The van der Waals surface area contributed by atoms with Crippen LogP contribution in [0.5, 0.6) is 0 Å². The van der Waals surface area contributed by atoms with Crippen molar-refractivity contribution in [1.82, 2.24) is 15.2 Å². The molecule has 23 heavy (non-hydrogen) atoms. The second-order valence-electron chi connectivity index (χ2n) is 5.49. The Labute approximate surface area is 131 Å². The van der Waals surface area contributed by atoms with Crippen LogP contribution in [0.25, 0.3) is 0 Å². The Balaban J connectivity index is 1.90. The third-order valence-corrected chi connectivity index (χ3v) is 3.88. The molecule has 0 saturated heterocycles. The van der Waals surface area contributed by atoms with E-state index >= 15 is 0 Å². The van der Waals surface area contributed by atoms with E-state index in [4.69, 9.17) is 0 Å². The van der Waals surface area contributed by atoms with Crippen molar-refractivity contribution in [2.45, 2.75) is 26.1 Å². The molecule has 0 fully saturated rings. The highest BCUT2D eigenvalue weighted by atomic mass is 19.4. The van der Waals surface area contributed by atoms with E-state index in [-0.39, 0.29) is 0 Å². The van der Waals surface area contributed by atoms with Crippen LogP contribution in [-0.2, 0) is 19.1 Å². The lowest BCUT2D eigenvalue weighted by Crippen LogP contribution is -2.32. The number of rotatable bonds is 2. The molecule has 0 amide bonds. The van der Waals surface area contributed by atoms with Crippen molar-refractivity contribution in [3.05, 3.63) is 40.7 Å². The first-order chi connectivity index (χ1) is 10.9. The minimum atomic E-state index is -4.38. The summed E-state index contributed by atoms with van der Waals surface area (Å²) in [4.78, 5) is 5.91. The highest BCUT2D eigenvalue weighted by Gasteiger charge is 2.32. The quantitative estimate of drug-likeness (QED) is 0.921. The predicted octanol–water partition coefficient (Wildman–Crippen LogP) is 2.80. The van der Waals surface area contributed by atoms with Gasteiger partial charge in [-0.15, -0.1) is 10.2 Å². The predicted molar refractivity (Wildman–Crippen MR) is 80.3 cm³/mol. The summed E-state index contributed by atoms with van der Waals surface area (Å²) in [5.74, 6) is 1.34. The van der Waals surface area contributed by atoms with E-state index in [9.17, 15) is 13.2 Å². The van der Waals surface area contributed by atoms with Crippen LogP contribution in [0.15, 0.2) is 18.3 Å². The van der Waals surface area contributed by atoms with E-state index in [1.165, 1.54) is 6.07 Å². The molecule has 8 heteroatoms. The molecule has 0 spiro atoms. The molecular weight excluding hydrogens is 307 g/mol. The van der Waals surface area contributed by atoms with Gasteiger partial charge in [0.25, 0.3) is 0 Å². The number of aromatic nitrogens is 3. The van der Waals surface area contributed by atoms with Gasteiger partial charge in [-0.3, -0.25) is 4.98 Å². The topological polar surface area (TPSA) is 53.9 Å². The first kappa shape index (κ1) is 15.5. The zero-order valence-corrected chi connectivity index (χ0v) is 12.8. The maximum atomic E-state index is 12.8. The average molecular weight is 323 g/mol. The van der Waals surface area contributed by atoms with Gasteiger partial charge in [0.05, 0.1) is 5.56 Å². The maximum Gasteiger partial charge on any atom is 0.417 e. The van der Waals surface area contributed by atoms with E-state index in [0.29, 0.717) is 42.4 Å². The molecule has 2 aromatic rings. The van der Waals surface area contributed by atoms with Crippen molar-refractivity contribution >= 4 is 11.6 Å². The number of nitrogens with zero attached hydrogens (tertiary/aromatic N) is 4. The summed E-state index contributed by atoms with van der Waals surface area (Å²) in [6, 6.07) is 3.04. The molecule has 0 unspecified atom stereocenters. The van der Waals surface area contributed by atoms with Gasteiger partial charge in [-0.25, -0.2) is 0 Å². The molecule has 0 aliphatic carbocycles. The standard InChI is InChI=1S/C15H16F3N5/c1-9-5-13(19-2)21-22-14(9)23-4-3-12-10(8-23)6-11(7-20-12)15(16,17)18/h5-7H,3-4,8H2,1-2H3,(H,19,21). The SMILES string of the molecule is CNc1cc(C)c(N2CCc3ncc(C(F)(F)F)cc3C2)nn1. The highest BCUT2D eigenvalue weighted by molar-refractivity contribution is 5.52. The molecule has 5 nitrogen and oxygen atoms in total. The normalized spacial score (nSPS) is 14.6. The van der Waals surface area contributed by atoms with Gasteiger partial charge in [0.2, 0.25) is 0 Å². The van der Waals surface area contributed by atoms with Gasteiger partial charge in [-0.1, -0.05) is 0 Å². The summed E-state index contributed by atoms with van der Waals surface area (Å²) in [7, 11) is 1.75. The second-order valence-corrected chi connectivity index (χ2v) is 5.49. The molecule has 3 rings (SSSR count). The van der Waals surface area contributed by atoms with E-state index in [0.717, 1.165) is 11.8 Å². The fourth-order valence-corrected chi connectivity index (χ4v) is 2.68. The lowest BCUT2D eigenvalue weighted by atomic mass is 10.0. The number of halogens is 3. The smallest absolute Gasteiger partial charge is 0.372 e. The molecule has 122 valence electrons. The van der Waals surface area contributed by atoms with E-state index < -0.39 is 11.7 Å². The summed E-state index contributed by atoms with van der Waals surface area (Å²) in [5.41, 5.74) is 1.51. The van der Waals surface area contributed by atoms with Crippen LogP contribution in [0.2, 0.25) is 0 Å². The molecule has 3 heterocycles.